The van der Waals surface area contributed by atoms with Crippen molar-refractivity contribution >= 4 is 29.1 Å². The van der Waals surface area contributed by atoms with Crippen LogP contribution in [0.25, 0.3) is 11.3 Å². The van der Waals surface area contributed by atoms with Gasteiger partial charge in [0.1, 0.15) is 11.5 Å². The van der Waals surface area contributed by atoms with Crippen molar-refractivity contribution in [3.05, 3.63) is 93.6 Å². The van der Waals surface area contributed by atoms with E-state index in [9.17, 15) is 9.59 Å². The number of H-pyrrole nitrogens is 1. The average molecular weight is 503 g/mol. The minimum atomic E-state index is -0.622. The first kappa shape index (κ1) is 24.1. The van der Waals surface area contributed by atoms with Gasteiger partial charge >= 0.3 is 5.91 Å². The van der Waals surface area contributed by atoms with E-state index in [-0.39, 0.29) is 17.1 Å². The fourth-order valence-electron chi connectivity index (χ4n) is 5.10. The van der Waals surface area contributed by atoms with Gasteiger partial charge in [-0.15, -0.1) is 0 Å². The van der Waals surface area contributed by atoms with Gasteiger partial charge in [-0.05, 0) is 61.6 Å². The third-order valence-electron chi connectivity index (χ3n) is 6.72. The molecule has 2 aromatic heterocycles. The second kappa shape index (κ2) is 9.10. The lowest BCUT2D eigenvalue weighted by Gasteiger charge is -2.38. The van der Waals surface area contributed by atoms with Gasteiger partial charge in [-0.2, -0.15) is 0 Å². The smallest absolute Gasteiger partial charge is 0.337 e. The molecule has 3 N–H and O–H groups in total. The number of aromatic amines is 1. The average Bonchev–Trinajstić information content (AvgIpc) is 3.29. The second-order valence-electron chi connectivity index (χ2n) is 10.4. The van der Waals surface area contributed by atoms with Crippen LogP contribution in [0.2, 0.25) is 5.02 Å². The van der Waals surface area contributed by atoms with Crippen molar-refractivity contribution in [2.45, 2.75) is 46.5 Å². The number of dihydropyridines is 1. The van der Waals surface area contributed by atoms with Crippen molar-refractivity contribution in [1.29, 1.82) is 0 Å². The molecular formula is C29H29ClN3O3+. The summed E-state index contributed by atoms with van der Waals surface area (Å²) >= 11 is 6.19. The number of allylic oxidation sites excluding steroid dienone is 3. The molecule has 2 aliphatic rings. The molecule has 1 aromatic carbocycles. The van der Waals surface area contributed by atoms with Gasteiger partial charge < -0.3 is 9.73 Å². The monoisotopic (exact) mass is 502 g/mol. The highest BCUT2D eigenvalue weighted by Crippen LogP contribution is 2.47. The summed E-state index contributed by atoms with van der Waals surface area (Å²) in [6.45, 7) is 8.01. The lowest BCUT2D eigenvalue weighted by Crippen LogP contribution is -2.39. The fraction of sp³-hybridized carbons (Fsp3) is 0.276. The molecule has 1 atom stereocenters. The summed E-state index contributed by atoms with van der Waals surface area (Å²) in [5.74, 6) is 0.849. The molecule has 1 amide bonds. The van der Waals surface area contributed by atoms with Crippen LogP contribution < -0.4 is 15.6 Å². The minimum absolute atomic E-state index is 0.0270. The highest BCUT2D eigenvalue weighted by molar-refractivity contribution is 6.30. The number of benzene rings is 1. The highest BCUT2D eigenvalue weighted by Gasteiger charge is 2.45. The molecule has 36 heavy (non-hydrogen) atoms. The van der Waals surface area contributed by atoms with E-state index < -0.39 is 5.92 Å². The largest absolute Gasteiger partial charge is 0.460 e. The fourth-order valence-corrected chi connectivity index (χ4v) is 5.29. The number of furan rings is 1. The lowest BCUT2D eigenvalue weighted by molar-refractivity contribution is -0.361. The van der Waals surface area contributed by atoms with Crippen LogP contribution in [0.1, 0.15) is 50.9 Å². The zero-order valence-corrected chi connectivity index (χ0v) is 21.5. The Labute approximate surface area is 215 Å². The molecule has 0 spiro atoms. The maximum atomic E-state index is 13.7. The Morgan fingerprint density at radius 3 is 2.67 bits per heavy atom. The quantitative estimate of drug-likeness (QED) is 0.460. The van der Waals surface area contributed by atoms with E-state index >= 15 is 0 Å². The van der Waals surface area contributed by atoms with Gasteiger partial charge in [0.2, 0.25) is 0 Å². The van der Waals surface area contributed by atoms with Gasteiger partial charge in [0.25, 0.3) is 5.82 Å². The van der Waals surface area contributed by atoms with Gasteiger partial charge in [-0.1, -0.05) is 37.6 Å². The van der Waals surface area contributed by atoms with Gasteiger partial charge in [0, 0.05) is 40.0 Å². The molecule has 3 aromatic rings. The number of halogens is 1. The van der Waals surface area contributed by atoms with E-state index in [1.165, 1.54) is 0 Å². The van der Waals surface area contributed by atoms with Gasteiger partial charge in [-0.25, -0.2) is 15.1 Å². The standard InChI is InChI=1S/C29H28ClN3O3/c1-16-8-11-24(31-15-16)33-28(35)25-17(2)32-20-13-29(3,4)14-21(34)26(20)27(25)23-10-9-22(36-23)18-6-5-7-19(30)12-18/h5-12,15,27,32H,13-14H2,1-4H3,(H,31,33,35)/p+1. The molecule has 6 nitrogen and oxygen atoms in total. The number of aromatic nitrogens is 1. The normalized spacial score (nSPS) is 19.1. The van der Waals surface area contributed by atoms with Crippen molar-refractivity contribution < 1.29 is 19.0 Å². The molecule has 0 fully saturated rings. The number of aryl methyl sites for hydroxylation is 1. The SMILES string of the molecule is CC1=C(C(=O)Nc2ccc(C)c[nH+]2)C(c2ccc(-c3cccc(Cl)c3)o2)C2=C(CC(C)(C)CC2=O)N1. The predicted octanol–water partition coefficient (Wildman–Crippen LogP) is 5.97. The Bertz CT molecular complexity index is 1430. The molecule has 1 aliphatic heterocycles. The van der Waals surface area contributed by atoms with Crippen LogP contribution in [-0.4, -0.2) is 11.7 Å². The maximum absolute atomic E-state index is 13.7. The van der Waals surface area contributed by atoms with Crippen LogP contribution in [0, 0.1) is 12.3 Å². The third-order valence-corrected chi connectivity index (χ3v) is 6.96. The summed E-state index contributed by atoms with van der Waals surface area (Å²) in [5.41, 5.74) is 4.34. The first-order valence-corrected chi connectivity index (χ1v) is 12.4. The Hall–Kier alpha value is -3.64. The van der Waals surface area contributed by atoms with E-state index in [0.717, 1.165) is 16.8 Å². The van der Waals surface area contributed by atoms with Crippen molar-refractivity contribution in [2.24, 2.45) is 5.41 Å². The summed E-state index contributed by atoms with van der Waals surface area (Å²) < 4.78 is 6.31. The number of hydrogen-bond acceptors (Lipinski definition) is 4. The number of carbonyl (C=O) groups is 2. The van der Waals surface area contributed by atoms with E-state index in [1.54, 1.807) is 6.07 Å². The Kier molecular flexibility index (Phi) is 6.08. The molecule has 184 valence electrons. The maximum Gasteiger partial charge on any atom is 0.337 e. The number of hydrogen-bond donors (Lipinski definition) is 2. The van der Waals surface area contributed by atoms with Crippen molar-refractivity contribution in [3.8, 4) is 11.3 Å². The zero-order chi connectivity index (χ0) is 25.6. The van der Waals surface area contributed by atoms with Crippen LogP contribution in [0.4, 0.5) is 5.82 Å². The van der Waals surface area contributed by atoms with Crippen LogP contribution in [-0.2, 0) is 9.59 Å². The van der Waals surface area contributed by atoms with E-state index in [1.807, 2.05) is 62.5 Å². The molecule has 1 aliphatic carbocycles. The van der Waals surface area contributed by atoms with Crippen molar-refractivity contribution in [1.82, 2.24) is 5.32 Å². The number of carbonyl (C=O) groups excluding carboxylic acids is 2. The predicted molar refractivity (Wildman–Crippen MR) is 139 cm³/mol. The van der Waals surface area contributed by atoms with Crippen LogP contribution in [0.15, 0.2) is 81.7 Å². The first-order valence-electron chi connectivity index (χ1n) is 12.0. The van der Waals surface area contributed by atoms with E-state index in [4.69, 9.17) is 16.0 Å². The molecule has 3 heterocycles. The van der Waals surface area contributed by atoms with E-state index in [0.29, 0.717) is 52.0 Å². The van der Waals surface area contributed by atoms with E-state index in [2.05, 4.69) is 29.5 Å². The molecule has 5 rings (SSSR count). The Morgan fingerprint density at radius 2 is 1.94 bits per heavy atom. The van der Waals surface area contributed by atoms with Gasteiger partial charge in [-0.3, -0.25) is 4.79 Å². The summed E-state index contributed by atoms with van der Waals surface area (Å²) in [5, 5.41) is 6.94. The Balaban J connectivity index is 1.59. The zero-order valence-electron chi connectivity index (χ0n) is 20.8. The van der Waals surface area contributed by atoms with Crippen molar-refractivity contribution in [2.75, 3.05) is 5.32 Å². The molecule has 0 bridgehead atoms. The number of amides is 1. The molecule has 0 saturated carbocycles. The second-order valence-corrected chi connectivity index (χ2v) is 10.8. The summed E-state index contributed by atoms with van der Waals surface area (Å²) in [4.78, 5) is 30.3. The first-order chi connectivity index (χ1) is 17.1. The van der Waals surface area contributed by atoms with Crippen LogP contribution in [0.5, 0.6) is 0 Å². The molecule has 0 radical (unpaired) electrons. The molecule has 7 heteroatoms. The number of anilines is 1. The van der Waals surface area contributed by atoms with Gasteiger partial charge in [0.05, 0.1) is 17.7 Å². The summed E-state index contributed by atoms with van der Waals surface area (Å²) in [6, 6.07) is 14.8. The summed E-state index contributed by atoms with van der Waals surface area (Å²) in [7, 11) is 0. The minimum Gasteiger partial charge on any atom is -0.460 e. The Morgan fingerprint density at radius 1 is 1.14 bits per heavy atom. The number of nitrogens with one attached hydrogen (secondary N) is 3. The molecular weight excluding hydrogens is 474 g/mol. The highest BCUT2D eigenvalue weighted by atomic mass is 35.5. The van der Waals surface area contributed by atoms with Crippen LogP contribution >= 0.6 is 11.6 Å². The third kappa shape index (κ3) is 4.61. The molecule has 1 unspecified atom stereocenters. The number of ketones is 1. The van der Waals surface area contributed by atoms with Gasteiger partial charge in [0.15, 0.2) is 5.78 Å². The van der Waals surface area contributed by atoms with Crippen LogP contribution in [0.3, 0.4) is 0 Å². The lowest BCUT2D eigenvalue weighted by atomic mass is 9.69. The summed E-state index contributed by atoms with van der Waals surface area (Å²) in [6.07, 6.45) is 2.95. The molecule has 0 saturated heterocycles. The van der Waals surface area contributed by atoms with Crippen molar-refractivity contribution in [3.63, 3.8) is 0 Å². The number of Topliss-reactive ketones (excluding diaryl/α,β-unsaturated/α-hetero) is 1. The number of rotatable bonds is 4. The number of pyridine rings is 1. The topological polar surface area (TPSA) is 85.5 Å².